The summed E-state index contributed by atoms with van der Waals surface area (Å²) in [5.74, 6) is -0.496. The molecule has 2 aromatic carbocycles. The molecule has 1 saturated heterocycles. The van der Waals surface area contributed by atoms with Gasteiger partial charge in [-0.15, -0.1) is 0 Å². The molecule has 0 bridgehead atoms. The lowest BCUT2D eigenvalue weighted by molar-refractivity contribution is -0.879. The summed E-state index contributed by atoms with van der Waals surface area (Å²) in [6.07, 6.45) is 11.1. The lowest BCUT2D eigenvalue weighted by Gasteiger charge is -2.33. The average Bonchev–Trinajstić information content (AvgIpc) is 3.80. The molecule has 12 heteroatoms. The summed E-state index contributed by atoms with van der Waals surface area (Å²) in [7, 11) is 4.29. The van der Waals surface area contributed by atoms with Crippen molar-refractivity contribution in [3.63, 3.8) is 0 Å². The Labute approximate surface area is 330 Å². The Bertz CT molecular complexity index is 1460. The number of esters is 1. The number of aromatic nitrogens is 1. The second-order valence-electron chi connectivity index (χ2n) is 14.5. The van der Waals surface area contributed by atoms with Crippen molar-refractivity contribution in [3.8, 4) is 0 Å². The summed E-state index contributed by atoms with van der Waals surface area (Å²) in [5, 5.41) is 25.6. The number of benzene rings is 2. The monoisotopic (exact) mass is 822 g/mol. The number of likely N-dealkylation sites (tertiary alicyclic amines) is 1. The van der Waals surface area contributed by atoms with Crippen molar-refractivity contribution in [3.05, 3.63) is 93.7 Å². The van der Waals surface area contributed by atoms with E-state index in [1.54, 1.807) is 12.1 Å². The Morgan fingerprint density at radius 3 is 2.31 bits per heavy atom. The highest BCUT2D eigenvalue weighted by Crippen LogP contribution is 2.42. The number of aliphatic hydroxyl groups excluding tert-OH is 1. The van der Waals surface area contributed by atoms with Gasteiger partial charge in [0.2, 0.25) is 0 Å². The average molecular weight is 825 g/mol. The van der Waals surface area contributed by atoms with Gasteiger partial charge in [0.25, 0.3) is 0 Å². The number of hydrogen-bond donors (Lipinski definition) is 4. The molecule has 2 aliphatic rings. The summed E-state index contributed by atoms with van der Waals surface area (Å²) >= 11 is 12.0. The first kappa shape index (κ1) is 44.1. The Kier molecular flexibility index (Phi) is 18.8. The number of unbranched alkanes of at least 4 members (excludes halogenated alkanes) is 3. The zero-order valence-corrected chi connectivity index (χ0v) is 33.7. The number of aliphatic hydroxyl groups is 2. The molecule has 2 fully saturated rings. The normalized spacial score (nSPS) is 18.5. The number of pyridine rings is 1. The predicted molar refractivity (Wildman–Crippen MR) is 205 cm³/mol. The standard InChI is InChI=1S/C21H29Cl2N3O2.C19H28NO3.BrH/c22-18-13-16(14-19(23)21(18)24)20(27)15-25-9-4-1-2-6-11-28-12-8-17-7-3-5-10-26-17;1-20(2)13-12-17(14-20)23-18(21)19(22,16-10-6-7-11-16)15-8-4-3-5-9-15;/h3,5,7,10,13-14,20,25,27H,1-2,4,6,8-9,11-12,15,24H2;3-5,8-9,16-17,22H,6-7,10-14H2,1-2H3;1H/q;+1;/p-1. The molecule has 5 rings (SSSR count). The van der Waals surface area contributed by atoms with Crippen LogP contribution in [0.1, 0.15) is 80.7 Å². The van der Waals surface area contributed by atoms with Gasteiger partial charge in [-0.2, -0.15) is 0 Å². The second-order valence-corrected chi connectivity index (χ2v) is 15.3. The van der Waals surface area contributed by atoms with Crippen LogP contribution >= 0.6 is 23.2 Å². The molecule has 2 heterocycles. The fraction of sp³-hybridized carbons (Fsp3) is 0.550. The Balaban J connectivity index is 0.000000280. The Morgan fingerprint density at radius 2 is 1.67 bits per heavy atom. The van der Waals surface area contributed by atoms with Crippen LogP contribution in [0.25, 0.3) is 0 Å². The first-order chi connectivity index (χ1) is 24.5. The van der Waals surface area contributed by atoms with E-state index in [0.717, 1.165) is 107 Å². The molecular weight excluding hydrogens is 767 g/mol. The molecule has 0 spiro atoms. The number of nitrogens with two attached hydrogens (primary N) is 1. The van der Waals surface area contributed by atoms with Crippen LogP contribution in [0.15, 0.2) is 66.9 Å². The van der Waals surface area contributed by atoms with Crippen LogP contribution in [-0.2, 0) is 26.3 Å². The minimum Gasteiger partial charge on any atom is -1.00 e. The molecule has 5 N–H and O–H groups in total. The minimum atomic E-state index is -1.50. The highest BCUT2D eigenvalue weighted by atomic mass is 79.9. The zero-order chi connectivity index (χ0) is 36.7. The number of carbonyl (C=O) groups is 1. The number of nitrogen functional groups attached to an aromatic ring is 1. The van der Waals surface area contributed by atoms with Gasteiger partial charge in [0, 0.05) is 43.8 Å². The number of nitrogens with zero attached hydrogens (tertiary/aromatic N) is 2. The van der Waals surface area contributed by atoms with Crippen molar-refractivity contribution in [2.24, 2.45) is 5.92 Å². The second kappa shape index (κ2) is 22.2. The number of likely N-dealkylation sites (N-methyl/N-ethyl adjacent to an activating group) is 1. The van der Waals surface area contributed by atoms with E-state index in [0.29, 0.717) is 33.4 Å². The van der Waals surface area contributed by atoms with E-state index in [-0.39, 0.29) is 29.0 Å². The molecule has 3 aromatic rings. The maximum Gasteiger partial charge on any atom is 0.343 e. The quantitative estimate of drug-likeness (QED) is 0.0701. The van der Waals surface area contributed by atoms with Crippen LogP contribution in [0.3, 0.4) is 0 Å². The van der Waals surface area contributed by atoms with E-state index >= 15 is 0 Å². The van der Waals surface area contributed by atoms with E-state index in [9.17, 15) is 15.0 Å². The maximum atomic E-state index is 12.9. The van der Waals surface area contributed by atoms with Gasteiger partial charge < -0.3 is 52.2 Å². The lowest BCUT2D eigenvalue weighted by atomic mass is 9.80. The minimum absolute atomic E-state index is 0. The molecule has 288 valence electrons. The van der Waals surface area contributed by atoms with Gasteiger partial charge in [-0.3, -0.25) is 4.98 Å². The fourth-order valence-corrected chi connectivity index (χ4v) is 7.41. The van der Waals surface area contributed by atoms with E-state index in [2.05, 4.69) is 24.4 Å². The third-order valence-electron chi connectivity index (χ3n) is 9.94. The molecule has 1 saturated carbocycles. The molecular formula is C40H57BrCl2N4O5. The Hall–Kier alpha value is -2.28. The van der Waals surface area contributed by atoms with Gasteiger partial charge in [0.1, 0.15) is 6.54 Å². The number of halogens is 3. The van der Waals surface area contributed by atoms with E-state index in [4.69, 9.17) is 38.4 Å². The summed E-state index contributed by atoms with van der Waals surface area (Å²) < 4.78 is 12.3. The van der Waals surface area contributed by atoms with Gasteiger partial charge in [0.05, 0.1) is 49.1 Å². The number of carbonyl (C=O) groups excluding carboxylic acids is 1. The molecule has 1 aliphatic carbocycles. The fourth-order valence-electron chi connectivity index (χ4n) is 6.91. The van der Waals surface area contributed by atoms with Crippen molar-refractivity contribution in [1.29, 1.82) is 0 Å². The number of quaternary nitrogens is 1. The highest BCUT2D eigenvalue weighted by molar-refractivity contribution is 6.38. The number of nitrogens with one attached hydrogen (secondary N) is 1. The topological polar surface area (TPSA) is 127 Å². The smallest absolute Gasteiger partial charge is 0.343 e. The van der Waals surface area contributed by atoms with Crippen LogP contribution in [0, 0.1) is 5.92 Å². The first-order valence-corrected chi connectivity index (χ1v) is 19.2. The highest BCUT2D eigenvalue weighted by Gasteiger charge is 2.49. The number of ether oxygens (including phenoxy) is 2. The SMILES string of the molecule is C[N+]1(C)CCC(OC(=O)C(O)(c2ccccc2)C2CCCC2)C1.Nc1c(Cl)cc(C(O)CNCCCCCCOCCc2ccccn2)cc1Cl.[Br-]. The first-order valence-electron chi connectivity index (χ1n) is 18.4. The number of rotatable bonds is 17. The maximum absolute atomic E-state index is 12.9. The van der Waals surface area contributed by atoms with Gasteiger partial charge in [0.15, 0.2) is 11.7 Å². The van der Waals surface area contributed by atoms with Gasteiger partial charge >= 0.3 is 5.97 Å². The molecule has 1 aromatic heterocycles. The van der Waals surface area contributed by atoms with Crippen LogP contribution in [0.5, 0.6) is 0 Å². The van der Waals surface area contributed by atoms with Crippen LogP contribution in [-0.4, -0.2) is 85.2 Å². The van der Waals surface area contributed by atoms with Gasteiger partial charge in [-0.05, 0) is 67.6 Å². The third-order valence-corrected chi connectivity index (χ3v) is 10.6. The molecule has 0 radical (unpaired) electrons. The van der Waals surface area contributed by atoms with Crippen molar-refractivity contribution in [2.75, 3.05) is 59.2 Å². The zero-order valence-electron chi connectivity index (χ0n) is 30.6. The summed E-state index contributed by atoms with van der Waals surface area (Å²) in [6.45, 7) is 4.64. The van der Waals surface area contributed by atoms with Crippen molar-refractivity contribution < 1.29 is 45.9 Å². The predicted octanol–water partition coefficient (Wildman–Crippen LogP) is 3.87. The lowest BCUT2D eigenvalue weighted by Crippen LogP contribution is -3.00. The number of hydrogen-bond acceptors (Lipinski definition) is 8. The van der Waals surface area contributed by atoms with Crippen molar-refractivity contribution in [2.45, 2.75) is 82.0 Å². The molecule has 3 atom stereocenters. The molecule has 1 aliphatic heterocycles. The largest absolute Gasteiger partial charge is 1.00 e. The summed E-state index contributed by atoms with van der Waals surface area (Å²) in [6, 6.07) is 18.6. The van der Waals surface area contributed by atoms with Gasteiger partial charge in [-0.25, -0.2) is 4.79 Å². The van der Waals surface area contributed by atoms with Gasteiger partial charge in [-0.1, -0.05) is 85.3 Å². The van der Waals surface area contributed by atoms with Crippen molar-refractivity contribution in [1.82, 2.24) is 10.3 Å². The molecule has 0 amide bonds. The summed E-state index contributed by atoms with van der Waals surface area (Å²) in [5.41, 5.74) is 6.95. The third kappa shape index (κ3) is 13.5. The molecule has 52 heavy (non-hydrogen) atoms. The summed E-state index contributed by atoms with van der Waals surface area (Å²) in [4.78, 5) is 17.2. The Morgan fingerprint density at radius 1 is 1.00 bits per heavy atom. The van der Waals surface area contributed by atoms with Crippen LogP contribution < -0.4 is 28.0 Å². The molecule has 9 nitrogen and oxygen atoms in total. The van der Waals surface area contributed by atoms with Crippen LogP contribution in [0.2, 0.25) is 10.0 Å². The molecule has 3 unspecified atom stereocenters. The number of anilines is 1. The van der Waals surface area contributed by atoms with E-state index in [1.165, 1.54) is 0 Å². The van der Waals surface area contributed by atoms with E-state index < -0.39 is 17.7 Å². The van der Waals surface area contributed by atoms with Crippen LogP contribution in [0.4, 0.5) is 5.69 Å². The van der Waals surface area contributed by atoms with E-state index in [1.807, 2.05) is 54.7 Å². The van der Waals surface area contributed by atoms with Crippen molar-refractivity contribution >= 4 is 34.9 Å².